The first kappa shape index (κ1) is 21.6. The number of ether oxygens (including phenoxy) is 1. The van der Waals surface area contributed by atoms with Crippen molar-refractivity contribution in [2.45, 2.75) is 26.3 Å². The molecule has 0 radical (unpaired) electrons. The van der Waals surface area contributed by atoms with E-state index in [0.717, 1.165) is 0 Å². The van der Waals surface area contributed by atoms with Crippen LogP contribution in [-0.2, 0) is 14.3 Å². The second kappa shape index (κ2) is 8.70. The van der Waals surface area contributed by atoms with Gasteiger partial charge in [-0.2, -0.15) is 0 Å². The van der Waals surface area contributed by atoms with Crippen molar-refractivity contribution in [1.82, 2.24) is 9.80 Å². The molecule has 1 atom stereocenters. The second-order valence-corrected chi connectivity index (χ2v) is 7.65. The predicted octanol–water partition coefficient (Wildman–Crippen LogP) is 3.21. The molecule has 30 heavy (non-hydrogen) atoms. The molecule has 0 saturated heterocycles. The van der Waals surface area contributed by atoms with Gasteiger partial charge in [0.1, 0.15) is 0 Å². The number of amidine groups is 1. The van der Waals surface area contributed by atoms with Crippen molar-refractivity contribution in [3.8, 4) is 0 Å². The van der Waals surface area contributed by atoms with Crippen LogP contribution in [0, 0.1) is 10.1 Å². The van der Waals surface area contributed by atoms with Gasteiger partial charge in [0.2, 0.25) is 5.91 Å². The van der Waals surface area contributed by atoms with Crippen LogP contribution in [0.25, 0.3) is 0 Å². The number of fused-ring (bicyclic) bond motifs is 1. The summed E-state index contributed by atoms with van der Waals surface area (Å²) in [6, 6.07) is 5.42. The number of esters is 1. The van der Waals surface area contributed by atoms with Crippen LogP contribution in [0.3, 0.4) is 0 Å². The number of nitro benzene ring substituents is 1. The number of allylic oxidation sites excluding steroid dienone is 1. The van der Waals surface area contributed by atoms with Gasteiger partial charge in [-0.05, 0) is 37.0 Å². The summed E-state index contributed by atoms with van der Waals surface area (Å²) in [5.41, 5.74) is 2.17. The highest BCUT2D eigenvalue weighted by Crippen LogP contribution is 2.45. The van der Waals surface area contributed by atoms with Crippen LogP contribution in [0.15, 0.2) is 51.6 Å². The van der Waals surface area contributed by atoms with Gasteiger partial charge in [-0.1, -0.05) is 11.8 Å². The van der Waals surface area contributed by atoms with Crippen LogP contribution in [0.4, 0.5) is 5.69 Å². The molecule has 2 heterocycles. The summed E-state index contributed by atoms with van der Waals surface area (Å²) in [4.78, 5) is 43.7. The van der Waals surface area contributed by atoms with Crippen LogP contribution in [-0.4, -0.2) is 52.5 Å². The number of benzene rings is 1. The standard InChI is InChI=1S/C20H22N4O5S/c1-5-22(3)16(25)10-15-11-30-20-21-12(2)17(19(26)29-4)18(23(15)20)13-6-8-14(9-7-13)24(27)28/h6-9,11,18H,5,10H2,1-4H3/t18-/m0/s1. The molecule has 2 aliphatic heterocycles. The van der Waals surface area contributed by atoms with Gasteiger partial charge in [0.05, 0.1) is 35.8 Å². The first-order chi connectivity index (χ1) is 14.3. The van der Waals surface area contributed by atoms with E-state index in [2.05, 4.69) is 4.99 Å². The Balaban J connectivity index is 2.06. The average Bonchev–Trinajstić information content (AvgIpc) is 3.13. The number of aliphatic imine (C=N–C) groups is 1. The summed E-state index contributed by atoms with van der Waals surface area (Å²) in [7, 11) is 3.03. The van der Waals surface area contributed by atoms with Gasteiger partial charge in [-0.25, -0.2) is 9.79 Å². The smallest absolute Gasteiger partial charge is 0.338 e. The van der Waals surface area contributed by atoms with Crippen molar-refractivity contribution in [3.63, 3.8) is 0 Å². The Bertz CT molecular complexity index is 983. The molecule has 0 spiro atoms. The minimum absolute atomic E-state index is 0.0462. The molecule has 0 aliphatic carbocycles. The lowest BCUT2D eigenvalue weighted by Crippen LogP contribution is -2.38. The number of amides is 1. The maximum absolute atomic E-state index is 12.6. The number of non-ortho nitro benzene ring substituents is 1. The SMILES string of the molecule is CCN(C)C(=O)CC1=CSC2=NC(C)=C(C(=O)OC)[C@H](c3ccc([N+](=O)[O-])cc3)N12. The Morgan fingerprint density at radius 3 is 2.57 bits per heavy atom. The third-order valence-corrected chi connectivity index (χ3v) is 5.95. The molecule has 0 N–H and O–H groups in total. The first-order valence-corrected chi connectivity index (χ1v) is 10.2. The number of hydrogen-bond donors (Lipinski definition) is 0. The Hall–Kier alpha value is -3.14. The summed E-state index contributed by atoms with van der Waals surface area (Å²) in [6.07, 6.45) is 0.146. The highest BCUT2D eigenvalue weighted by atomic mass is 32.2. The van der Waals surface area contributed by atoms with E-state index in [9.17, 15) is 19.7 Å². The molecule has 0 aromatic heterocycles. The lowest BCUT2D eigenvalue weighted by atomic mass is 9.93. The number of hydrogen-bond acceptors (Lipinski definition) is 8. The molecule has 0 unspecified atom stereocenters. The molecule has 10 heteroatoms. The number of nitro groups is 1. The summed E-state index contributed by atoms with van der Waals surface area (Å²) < 4.78 is 4.99. The van der Waals surface area contributed by atoms with E-state index in [-0.39, 0.29) is 18.0 Å². The fourth-order valence-corrected chi connectivity index (χ4v) is 4.26. The molecular formula is C20H22N4O5S. The lowest BCUT2D eigenvalue weighted by Gasteiger charge is -2.36. The minimum Gasteiger partial charge on any atom is -0.466 e. The molecule has 0 bridgehead atoms. The molecular weight excluding hydrogens is 408 g/mol. The van der Waals surface area contributed by atoms with E-state index >= 15 is 0 Å². The second-order valence-electron chi connectivity index (χ2n) is 6.82. The van der Waals surface area contributed by atoms with E-state index in [1.165, 1.54) is 31.0 Å². The van der Waals surface area contributed by atoms with Crippen molar-refractivity contribution in [1.29, 1.82) is 0 Å². The van der Waals surface area contributed by atoms with Crippen LogP contribution in [0.5, 0.6) is 0 Å². The molecule has 158 valence electrons. The summed E-state index contributed by atoms with van der Waals surface area (Å²) in [5, 5.41) is 13.5. The van der Waals surface area contributed by atoms with Crippen molar-refractivity contribution >= 4 is 34.5 Å². The van der Waals surface area contributed by atoms with Gasteiger partial charge in [-0.3, -0.25) is 14.9 Å². The third kappa shape index (κ3) is 3.95. The average molecular weight is 430 g/mol. The van der Waals surface area contributed by atoms with Crippen molar-refractivity contribution < 1.29 is 19.2 Å². The van der Waals surface area contributed by atoms with Crippen LogP contribution in [0.2, 0.25) is 0 Å². The highest BCUT2D eigenvalue weighted by Gasteiger charge is 2.41. The molecule has 0 fully saturated rings. The summed E-state index contributed by atoms with van der Waals surface area (Å²) >= 11 is 1.38. The van der Waals surface area contributed by atoms with Gasteiger partial charge >= 0.3 is 5.97 Å². The maximum Gasteiger partial charge on any atom is 0.338 e. The van der Waals surface area contributed by atoms with E-state index in [1.807, 2.05) is 17.2 Å². The van der Waals surface area contributed by atoms with E-state index in [1.54, 1.807) is 31.0 Å². The zero-order valence-electron chi connectivity index (χ0n) is 17.1. The van der Waals surface area contributed by atoms with E-state index < -0.39 is 16.9 Å². The summed E-state index contributed by atoms with van der Waals surface area (Å²) in [5.74, 6) is -0.592. The maximum atomic E-state index is 12.6. The van der Waals surface area contributed by atoms with Gasteiger partial charge in [0.15, 0.2) is 5.17 Å². The number of thioether (sulfide) groups is 1. The van der Waals surface area contributed by atoms with Gasteiger partial charge in [0.25, 0.3) is 5.69 Å². The van der Waals surface area contributed by atoms with Crippen molar-refractivity contribution in [2.75, 3.05) is 20.7 Å². The zero-order chi connectivity index (χ0) is 22.0. The number of rotatable bonds is 6. The Kier molecular flexibility index (Phi) is 6.25. The molecule has 1 amide bonds. The van der Waals surface area contributed by atoms with Gasteiger partial charge < -0.3 is 14.5 Å². The third-order valence-electron chi connectivity index (χ3n) is 5.06. The Morgan fingerprint density at radius 1 is 1.33 bits per heavy atom. The fraction of sp³-hybridized carbons (Fsp3) is 0.350. The summed E-state index contributed by atoms with van der Waals surface area (Å²) in [6.45, 7) is 4.20. The minimum atomic E-state index is -0.605. The van der Waals surface area contributed by atoms with Crippen molar-refractivity contribution in [3.05, 3.63) is 62.3 Å². The quantitative estimate of drug-likeness (QED) is 0.388. The van der Waals surface area contributed by atoms with Crippen LogP contribution >= 0.6 is 11.8 Å². The van der Waals surface area contributed by atoms with E-state index in [4.69, 9.17) is 4.74 Å². The number of methoxy groups -OCH3 is 1. The molecule has 0 saturated carbocycles. The van der Waals surface area contributed by atoms with Crippen molar-refractivity contribution in [2.24, 2.45) is 4.99 Å². The van der Waals surface area contributed by atoms with Crippen LogP contribution < -0.4 is 0 Å². The van der Waals surface area contributed by atoms with Crippen LogP contribution in [0.1, 0.15) is 31.9 Å². The fourth-order valence-electron chi connectivity index (χ4n) is 3.30. The molecule has 9 nitrogen and oxygen atoms in total. The highest BCUT2D eigenvalue weighted by molar-refractivity contribution is 8.16. The lowest BCUT2D eigenvalue weighted by molar-refractivity contribution is -0.384. The normalized spacial score (nSPS) is 17.9. The number of nitrogens with zero attached hydrogens (tertiary/aromatic N) is 4. The van der Waals surface area contributed by atoms with E-state index in [0.29, 0.717) is 34.2 Å². The number of carbonyl (C=O) groups is 2. The Labute approximate surface area is 178 Å². The topological polar surface area (TPSA) is 105 Å². The first-order valence-electron chi connectivity index (χ1n) is 9.29. The Morgan fingerprint density at radius 2 is 2.00 bits per heavy atom. The van der Waals surface area contributed by atoms with Gasteiger partial charge in [0, 0.05) is 31.4 Å². The van der Waals surface area contributed by atoms with Gasteiger partial charge in [-0.15, -0.1) is 0 Å². The molecule has 2 aliphatic rings. The zero-order valence-corrected chi connectivity index (χ0v) is 17.9. The monoisotopic (exact) mass is 430 g/mol. The molecule has 1 aromatic carbocycles. The largest absolute Gasteiger partial charge is 0.466 e. The molecule has 1 aromatic rings. The number of carbonyl (C=O) groups excluding carboxylic acids is 2. The molecule has 3 rings (SSSR count). The predicted molar refractivity (Wildman–Crippen MR) is 113 cm³/mol.